The summed E-state index contributed by atoms with van der Waals surface area (Å²) < 4.78 is 0. The van der Waals surface area contributed by atoms with Crippen LogP contribution in [0.2, 0.25) is 0 Å². The Bertz CT molecular complexity index is 356. The molecule has 0 radical (unpaired) electrons. The van der Waals surface area contributed by atoms with Crippen LogP contribution in [0.15, 0.2) is 18.2 Å². The van der Waals surface area contributed by atoms with Crippen molar-refractivity contribution >= 4 is 6.29 Å². The quantitative estimate of drug-likeness (QED) is 0.458. The Kier molecular flexibility index (Phi) is 2.49. The van der Waals surface area contributed by atoms with Gasteiger partial charge in [-0.1, -0.05) is 12.0 Å². The van der Waals surface area contributed by atoms with Crippen molar-refractivity contribution in [2.75, 3.05) is 0 Å². The summed E-state index contributed by atoms with van der Waals surface area (Å²) in [6.07, 6.45) is 0.525. The third-order valence-electron chi connectivity index (χ3n) is 1.48. The smallest absolute Gasteiger partial charge is 0.193 e. The number of aryl methyl sites for hydroxylation is 1. The second kappa shape index (κ2) is 3.59. The number of aromatic hydroxyl groups is 1. The van der Waals surface area contributed by atoms with Gasteiger partial charge in [0.2, 0.25) is 0 Å². The first-order chi connectivity index (χ1) is 5.74. The Hall–Kier alpha value is -1.75. The summed E-state index contributed by atoms with van der Waals surface area (Å²) >= 11 is 0. The molecule has 1 rings (SSSR count). The molecule has 12 heavy (non-hydrogen) atoms. The normalized spacial score (nSPS) is 8.42. The van der Waals surface area contributed by atoms with Gasteiger partial charge >= 0.3 is 0 Å². The number of rotatable bonds is 0. The summed E-state index contributed by atoms with van der Waals surface area (Å²) in [5, 5.41) is 9.24. The zero-order chi connectivity index (χ0) is 8.97. The van der Waals surface area contributed by atoms with Crippen molar-refractivity contribution in [3.63, 3.8) is 0 Å². The highest BCUT2D eigenvalue weighted by atomic mass is 16.3. The van der Waals surface area contributed by atoms with Gasteiger partial charge in [0.25, 0.3) is 0 Å². The average Bonchev–Trinajstić information content (AvgIpc) is 2.07. The maximum Gasteiger partial charge on any atom is 0.193 e. The zero-order valence-corrected chi connectivity index (χ0v) is 6.66. The van der Waals surface area contributed by atoms with E-state index in [-0.39, 0.29) is 5.75 Å². The fourth-order valence-corrected chi connectivity index (χ4v) is 0.800. The molecule has 0 unspecified atom stereocenters. The van der Waals surface area contributed by atoms with Crippen LogP contribution in [0.25, 0.3) is 0 Å². The van der Waals surface area contributed by atoms with Gasteiger partial charge in [-0.15, -0.1) is 0 Å². The fraction of sp³-hybridized carbons (Fsp3) is 0.100. The van der Waals surface area contributed by atoms with Crippen molar-refractivity contribution in [3.8, 4) is 17.6 Å². The molecule has 0 aliphatic rings. The molecule has 0 bridgehead atoms. The molecule has 0 heterocycles. The minimum Gasteiger partial charge on any atom is -0.508 e. The lowest BCUT2D eigenvalue weighted by Crippen LogP contribution is -1.77. The number of aldehydes is 1. The molecule has 0 fully saturated rings. The molecule has 0 atom stereocenters. The lowest BCUT2D eigenvalue weighted by atomic mass is 10.1. The van der Waals surface area contributed by atoms with Crippen molar-refractivity contribution < 1.29 is 9.90 Å². The number of phenols is 1. The van der Waals surface area contributed by atoms with E-state index >= 15 is 0 Å². The zero-order valence-electron chi connectivity index (χ0n) is 6.66. The van der Waals surface area contributed by atoms with Gasteiger partial charge < -0.3 is 5.11 Å². The first-order valence-corrected chi connectivity index (χ1v) is 3.49. The Morgan fingerprint density at radius 3 is 2.83 bits per heavy atom. The Morgan fingerprint density at radius 1 is 1.50 bits per heavy atom. The van der Waals surface area contributed by atoms with Crippen molar-refractivity contribution in [2.24, 2.45) is 0 Å². The predicted molar refractivity (Wildman–Crippen MR) is 45.8 cm³/mol. The monoisotopic (exact) mass is 160 g/mol. The van der Waals surface area contributed by atoms with E-state index in [1.807, 2.05) is 0 Å². The van der Waals surface area contributed by atoms with E-state index in [0.29, 0.717) is 11.8 Å². The van der Waals surface area contributed by atoms with Crippen LogP contribution in [0.4, 0.5) is 0 Å². The van der Waals surface area contributed by atoms with Crippen LogP contribution in [-0.4, -0.2) is 11.4 Å². The van der Waals surface area contributed by atoms with E-state index in [1.54, 1.807) is 19.1 Å². The maximum absolute atomic E-state index is 9.89. The van der Waals surface area contributed by atoms with Gasteiger partial charge in [-0.25, -0.2) is 0 Å². The van der Waals surface area contributed by atoms with Crippen LogP contribution in [-0.2, 0) is 4.79 Å². The van der Waals surface area contributed by atoms with Gasteiger partial charge in [0.1, 0.15) is 5.75 Å². The lowest BCUT2D eigenvalue weighted by molar-refractivity contribution is -0.103. The lowest BCUT2D eigenvalue weighted by Gasteiger charge is -1.96. The van der Waals surface area contributed by atoms with E-state index in [0.717, 1.165) is 5.56 Å². The second-order valence-electron chi connectivity index (χ2n) is 2.39. The first-order valence-electron chi connectivity index (χ1n) is 3.49. The number of hydrogen-bond acceptors (Lipinski definition) is 2. The molecule has 0 saturated carbocycles. The molecule has 60 valence electrons. The molecular weight excluding hydrogens is 152 g/mol. The summed E-state index contributed by atoms with van der Waals surface area (Å²) in [6.45, 7) is 1.80. The van der Waals surface area contributed by atoms with Gasteiger partial charge in [-0.2, -0.15) is 0 Å². The molecule has 2 heteroatoms. The van der Waals surface area contributed by atoms with E-state index in [1.165, 1.54) is 6.07 Å². The standard InChI is InChI=1S/C10H8O2/c1-8-4-5-9(3-2-6-11)7-10(8)12/h4-7,12H,1H3. The molecule has 1 aromatic rings. The van der Waals surface area contributed by atoms with Crippen LogP contribution in [0, 0.1) is 18.8 Å². The van der Waals surface area contributed by atoms with Crippen LogP contribution < -0.4 is 0 Å². The minimum absolute atomic E-state index is 0.202. The third kappa shape index (κ3) is 1.86. The van der Waals surface area contributed by atoms with Crippen LogP contribution in [0.1, 0.15) is 11.1 Å². The molecule has 1 N–H and O–H groups in total. The van der Waals surface area contributed by atoms with Crippen LogP contribution in [0.3, 0.4) is 0 Å². The number of benzene rings is 1. The Morgan fingerprint density at radius 2 is 2.25 bits per heavy atom. The van der Waals surface area contributed by atoms with Gasteiger partial charge in [0.15, 0.2) is 6.29 Å². The average molecular weight is 160 g/mol. The summed E-state index contributed by atoms with van der Waals surface area (Å²) in [5.41, 5.74) is 1.44. The number of carbonyl (C=O) groups excluding carboxylic acids is 1. The SMILES string of the molecule is Cc1ccc(C#CC=O)cc1O. The van der Waals surface area contributed by atoms with Crippen LogP contribution in [0.5, 0.6) is 5.75 Å². The van der Waals surface area contributed by atoms with E-state index in [4.69, 9.17) is 0 Å². The molecule has 0 spiro atoms. The molecule has 0 aliphatic carbocycles. The third-order valence-corrected chi connectivity index (χ3v) is 1.48. The van der Waals surface area contributed by atoms with Crippen LogP contribution >= 0.6 is 0 Å². The predicted octanol–water partition coefficient (Wildman–Crippen LogP) is 1.25. The summed E-state index contributed by atoms with van der Waals surface area (Å²) in [4.78, 5) is 9.89. The van der Waals surface area contributed by atoms with Gasteiger partial charge in [-0.05, 0) is 30.5 Å². The Balaban J connectivity index is 3.04. The highest BCUT2D eigenvalue weighted by molar-refractivity contribution is 5.74. The topological polar surface area (TPSA) is 37.3 Å². The molecule has 0 aromatic heterocycles. The number of carbonyl (C=O) groups is 1. The Labute approximate surface area is 70.8 Å². The van der Waals surface area contributed by atoms with Crippen molar-refractivity contribution in [2.45, 2.75) is 6.92 Å². The molecular formula is C10H8O2. The maximum atomic E-state index is 9.89. The molecule has 2 nitrogen and oxygen atoms in total. The molecule has 0 amide bonds. The van der Waals surface area contributed by atoms with Crippen molar-refractivity contribution in [1.29, 1.82) is 0 Å². The van der Waals surface area contributed by atoms with Gasteiger partial charge in [0.05, 0.1) is 0 Å². The highest BCUT2D eigenvalue weighted by Crippen LogP contribution is 2.16. The van der Waals surface area contributed by atoms with Crippen molar-refractivity contribution in [1.82, 2.24) is 0 Å². The van der Waals surface area contributed by atoms with E-state index < -0.39 is 0 Å². The number of hydrogen-bond donors (Lipinski definition) is 1. The summed E-state index contributed by atoms with van der Waals surface area (Å²) in [6, 6.07) is 5.04. The van der Waals surface area contributed by atoms with E-state index in [9.17, 15) is 9.90 Å². The first kappa shape index (κ1) is 8.35. The van der Waals surface area contributed by atoms with E-state index in [2.05, 4.69) is 11.8 Å². The minimum atomic E-state index is 0.202. The largest absolute Gasteiger partial charge is 0.508 e. The molecule has 1 aromatic carbocycles. The summed E-state index contributed by atoms with van der Waals surface area (Å²) in [7, 11) is 0. The van der Waals surface area contributed by atoms with Crippen molar-refractivity contribution in [3.05, 3.63) is 29.3 Å². The van der Waals surface area contributed by atoms with Gasteiger partial charge in [-0.3, -0.25) is 4.79 Å². The molecule has 0 saturated heterocycles. The highest BCUT2D eigenvalue weighted by Gasteiger charge is 1.94. The fourth-order valence-electron chi connectivity index (χ4n) is 0.800. The number of phenolic OH excluding ortho intramolecular Hbond substituents is 1. The summed E-state index contributed by atoms with van der Waals surface area (Å²) in [5.74, 6) is 5.06. The van der Waals surface area contributed by atoms with Gasteiger partial charge in [0, 0.05) is 5.56 Å². The second-order valence-corrected chi connectivity index (χ2v) is 2.39. The molecule has 0 aliphatic heterocycles.